The summed E-state index contributed by atoms with van der Waals surface area (Å²) >= 11 is 0. The van der Waals surface area contributed by atoms with Gasteiger partial charge in [0.25, 0.3) is 0 Å². The number of carbonyl (C=O) groups excluding carboxylic acids is 1. The first-order valence-electron chi connectivity index (χ1n) is 7.25. The molecule has 1 nitrogen and oxygen atoms in total. The van der Waals surface area contributed by atoms with Crippen LogP contribution < -0.4 is 0 Å². The Bertz CT molecular complexity index is 421. The van der Waals surface area contributed by atoms with Crippen molar-refractivity contribution in [3.05, 3.63) is 22.8 Å². The molecule has 0 amide bonds. The quantitative estimate of drug-likeness (QED) is 0.646. The minimum Gasteiger partial charge on any atom is -0.295 e. The number of rotatable bonds is 2. The Kier molecular flexibility index (Phi) is 3.53. The molecule has 0 aromatic carbocycles. The van der Waals surface area contributed by atoms with Crippen LogP contribution in [0.4, 0.5) is 0 Å². The molecule has 18 heavy (non-hydrogen) atoms. The smallest absolute Gasteiger partial charge is 0.152 e. The second-order valence-corrected chi connectivity index (χ2v) is 7.03. The molecule has 0 aliphatic heterocycles. The summed E-state index contributed by atoms with van der Waals surface area (Å²) in [5.74, 6) is 1.72. The maximum absolute atomic E-state index is 11.4. The van der Waals surface area contributed by atoms with Gasteiger partial charge in [0.1, 0.15) is 0 Å². The zero-order chi connectivity index (χ0) is 13.5. The Morgan fingerprint density at radius 3 is 2.56 bits per heavy atom. The lowest BCUT2D eigenvalue weighted by molar-refractivity contribution is -0.112. The van der Waals surface area contributed by atoms with Gasteiger partial charge in [0.2, 0.25) is 0 Å². The van der Waals surface area contributed by atoms with E-state index in [4.69, 9.17) is 0 Å². The number of hydrogen-bond donors (Lipinski definition) is 0. The lowest BCUT2D eigenvalue weighted by atomic mass is 9.71. The average Bonchev–Trinajstić information content (AvgIpc) is 2.68. The number of hydrogen-bond acceptors (Lipinski definition) is 1. The van der Waals surface area contributed by atoms with E-state index in [0.29, 0.717) is 5.41 Å². The van der Waals surface area contributed by atoms with Crippen molar-refractivity contribution < 1.29 is 4.79 Å². The largest absolute Gasteiger partial charge is 0.295 e. The Balaban J connectivity index is 2.36. The van der Waals surface area contributed by atoms with Gasteiger partial charge in [0.15, 0.2) is 5.78 Å². The monoisotopic (exact) mass is 246 g/mol. The van der Waals surface area contributed by atoms with Gasteiger partial charge in [-0.25, -0.2) is 0 Å². The van der Waals surface area contributed by atoms with Crippen molar-refractivity contribution in [2.45, 2.75) is 60.3 Å². The first-order valence-corrected chi connectivity index (χ1v) is 7.25. The first kappa shape index (κ1) is 13.6. The van der Waals surface area contributed by atoms with Crippen molar-refractivity contribution >= 4 is 5.78 Å². The fraction of sp³-hybridized carbons (Fsp3) is 0.706. The van der Waals surface area contributed by atoms with E-state index >= 15 is 0 Å². The fourth-order valence-corrected chi connectivity index (χ4v) is 3.48. The summed E-state index contributed by atoms with van der Waals surface area (Å²) in [6.07, 6.45) is 6.59. The summed E-state index contributed by atoms with van der Waals surface area (Å²) in [6.45, 7) is 11.1. The molecule has 0 spiro atoms. The Morgan fingerprint density at radius 1 is 1.33 bits per heavy atom. The summed E-state index contributed by atoms with van der Waals surface area (Å²) in [7, 11) is 0. The molecule has 1 atom stereocenters. The van der Waals surface area contributed by atoms with Crippen LogP contribution in [0, 0.1) is 17.3 Å². The minimum atomic E-state index is 0.199. The summed E-state index contributed by atoms with van der Waals surface area (Å²) in [4.78, 5) is 11.4. The van der Waals surface area contributed by atoms with Crippen LogP contribution in [-0.2, 0) is 4.79 Å². The molecule has 0 heterocycles. The third-order valence-corrected chi connectivity index (χ3v) is 4.84. The predicted octanol–water partition coefficient (Wildman–Crippen LogP) is 4.68. The maximum atomic E-state index is 11.4. The topological polar surface area (TPSA) is 17.1 Å². The van der Waals surface area contributed by atoms with Gasteiger partial charge in [0.05, 0.1) is 0 Å². The van der Waals surface area contributed by atoms with E-state index < -0.39 is 0 Å². The van der Waals surface area contributed by atoms with Crippen molar-refractivity contribution in [3.63, 3.8) is 0 Å². The molecular formula is C17H26O. The van der Waals surface area contributed by atoms with E-state index in [0.717, 1.165) is 18.3 Å². The summed E-state index contributed by atoms with van der Waals surface area (Å²) in [5.41, 5.74) is 4.84. The van der Waals surface area contributed by atoms with Crippen LogP contribution in [0.3, 0.4) is 0 Å². The van der Waals surface area contributed by atoms with Crippen LogP contribution in [0.1, 0.15) is 60.3 Å². The third-order valence-electron chi connectivity index (χ3n) is 4.84. The lowest BCUT2D eigenvalue weighted by Crippen LogP contribution is -2.20. The van der Waals surface area contributed by atoms with Gasteiger partial charge in [-0.15, -0.1) is 0 Å². The van der Waals surface area contributed by atoms with Gasteiger partial charge >= 0.3 is 0 Å². The highest BCUT2D eigenvalue weighted by Gasteiger charge is 2.38. The molecule has 2 aliphatic rings. The summed E-state index contributed by atoms with van der Waals surface area (Å²) in [5, 5.41) is 0. The normalized spacial score (nSPS) is 29.0. The molecule has 0 aromatic heterocycles. The van der Waals surface area contributed by atoms with E-state index in [-0.39, 0.29) is 5.78 Å². The van der Waals surface area contributed by atoms with Crippen LogP contribution in [-0.4, -0.2) is 5.78 Å². The Hall–Kier alpha value is -0.850. The van der Waals surface area contributed by atoms with E-state index in [1.54, 1.807) is 12.5 Å². The highest BCUT2D eigenvalue weighted by atomic mass is 16.1. The van der Waals surface area contributed by atoms with E-state index in [1.165, 1.54) is 30.4 Å². The van der Waals surface area contributed by atoms with Gasteiger partial charge in [-0.1, -0.05) is 33.3 Å². The van der Waals surface area contributed by atoms with E-state index in [9.17, 15) is 4.79 Å². The van der Waals surface area contributed by atoms with Gasteiger partial charge in [0, 0.05) is 0 Å². The minimum absolute atomic E-state index is 0.199. The highest BCUT2D eigenvalue weighted by Crippen LogP contribution is 2.52. The van der Waals surface area contributed by atoms with Crippen molar-refractivity contribution in [1.82, 2.24) is 0 Å². The Labute approximate surface area is 111 Å². The molecule has 1 unspecified atom stereocenters. The number of ketones is 1. The second-order valence-electron chi connectivity index (χ2n) is 7.03. The van der Waals surface area contributed by atoms with Gasteiger partial charge < -0.3 is 0 Å². The number of carbonyl (C=O) groups is 1. The molecule has 0 N–H and O–H groups in total. The van der Waals surface area contributed by atoms with Crippen molar-refractivity contribution in [2.75, 3.05) is 0 Å². The van der Waals surface area contributed by atoms with Gasteiger partial charge in [-0.05, 0) is 67.1 Å². The Morgan fingerprint density at radius 2 is 2.00 bits per heavy atom. The molecule has 2 aliphatic carbocycles. The van der Waals surface area contributed by atoms with Gasteiger partial charge in [-0.3, -0.25) is 4.79 Å². The van der Waals surface area contributed by atoms with Crippen molar-refractivity contribution in [3.8, 4) is 0 Å². The molecule has 0 radical (unpaired) electrons. The zero-order valence-electron chi connectivity index (χ0n) is 12.5. The molecule has 2 rings (SSSR count). The van der Waals surface area contributed by atoms with Crippen LogP contribution >= 0.6 is 0 Å². The second kappa shape index (κ2) is 4.68. The first-order chi connectivity index (χ1) is 8.31. The standard InChI is InChI=1S/C17H26O/c1-11(2)14-9-15-13(8-12(3)18)6-7-17(4,5)16(15)10-14/h8,11,14H,6-7,9-10H2,1-5H3/b13-8+. The molecule has 100 valence electrons. The predicted molar refractivity (Wildman–Crippen MR) is 76.4 cm³/mol. The van der Waals surface area contributed by atoms with Crippen molar-refractivity contribution in [2.24, 2.45) is 17.3 Å². The third kappa shape index (κ3) is 2.46. The van der Waals surface area contributed by atoms with Crippen LogP contribution in [0.2, 0.25) is 0 Å². The molecule has 0 aromatic rings. The van der Waals surface area contributed by atoms with Gasteiger partial charge in [-0.2, -0.15) is 0 Å². The molecule has 1 heteroatoms. The SMILES string of the molecule is CC(=O)/C=C1\CCC(C)(C)C2=C1CC(C(C)C)C2. The molecule has 0 saturated carbocycles. The van der Waals surface area contributed by atoms with Crippen molar-refractivity contribution in [1.29, 1.82) is 0 Å². The van der Waals surface area contributed by atoms with Crippen LogP contribution in [0.15, 0.2) is 22.8 Å². The molecule has 0 fully saturated rings. The number of allylic oxidation sites excluding steroid dienone is 4. The molecular weight excluding hydrogens is 220 g/mol. The molecule has 0 bridgehead atoms. The summed E-state index contributed by atoms with van der Waals surface area (Å²) < 4.78 is 0. The van der Waals surface area contributed by atoms with Crippen LogP contribution in [0.25, 0.3) is 0 Å². The summed E-state index contributed by atoms with van der Waals surface area (Å²) in [6, 6.07) is 0. The highest BCUT2D eigenvalue weighted by molar-refractivity contribution is 5.89. The fourth-order valence-electron chi connectivity index (χ4n) is 3.48. The zero-order valence-corrected chi connectivity index (χ0v) is 12.5. The van der Waals surface area contributed by atoms with E-state index in [1.807, 2.05) is 6.08 Å². The van der Waals surface area contributed by atoms with Crippen LogP contribution in [0.5, 0.6) is 0 Å². The van der Waals surface area contributed by atoms with E-state index in [2.05, 4.69) is 27.7 Å². The molecule has 0 saturated heterocycles. The average molecular weight is 246 g/mol. The lowest BCUT2D eigenvalue weighted by Gasteiger charge is -2.34. The maximum Gasteiger partial charge on any atom is 0.152 e.